The van der Waals surface area contributed by atoms with Gasteiger partial charge in [0.25, 0.3) is 5.56 Å². The minimum absolute atomic E-state index is 0.0872. The predicted molar refractivity (Wildman–Crippen MR) is 112 cm³/mol. The minimum Gasteiger partial charge on any atom is -0.384 e. The van der Waals surface area contributed by atoms with E-state index in [4.69, 9.17) is 5.73 Å². The zero-order chi connectivity index (χ0) is 22.2. The number of hydrogen-bond acceptors (Lipinski definition) is 7. The number of sulfonamides is 1. The number of nitrogens with two attached hydrogens (primary N) is 1. The first-order chi connectivity index (χ1) is 14.0. The molecular weight excluding hydrogens is 410 g/mol. The van der Waals surface area contributed by atoms with Crippen LogP contribution in [0.3, 0.4) is 0 Å². The maximum absolute atomic E-state index is 12.8. The topological polar surface area (TPSA) is 128 Å². The van der Waals surface area contributed by atoms with Gasteiger partial charge in [0, 0.05) is 40.3 Å². The number of aromatic nitrogens is 2. The number of anilines is 1. The van der Waals surface area contributed by atoms with Crippen LogP contribution in [0.4, 0.5) is 5.82 Å². The number of aryl methyl sites for hydroxylation is 1. The summed E-state index contributed by atoms with van der Waals surface area (Å²) in [5.41, 5.74) is 5.24. The first-order valence-corrected chi connectivity index (χ1v) is 10.9. The molecule has 162 valence electrons. The van der Waals surface area contributed by atoms with Gasteiger partial charge in [-0.15, -0.1) is 0 Å². The van der Waals surface area contributed by atoms with Crippen LogP contribution in [0.25, 0.3) is 0 Å². The number of hydrogen-bond donors (Lipinski definition) is 1. The smallest absolute Gasteiger partial charge is 0.332 e. The summed E-state index contributed by atoms with van der Waals surface area (Å²) in [6.07, 6.45) is 0. The Morgan fingerprint density at radius 2 is 1.57 bits per heavy atom. The van der Waals surface area contributed by atoms with Gasteiger partial charge in [-0.3, -0.25) is 23.6 Å². The molecule has 0 spiro atoms. The van der Waals surface area contributed by atoms with Crippen LogP contribution in [-0.4, -0.2) is 65.3 Å². The average molecular weight is 436 g/mol. The standard InChI is InChI=1S/C19H25N5O5S/c1-13-4-6-14(7-5-13)30(28,29)24-10-8-23(9-11-24)12-15(25)16-17(20)21(2)19(27)22(3)18(16)26/h4-7H,8-12,20H2,1-3H3. The van der Waals surface area contributed by atoms with Crippen molar-refractivity contribution in [2.75, 3.05) is 38.5 Å². The van der Waals surface area contributed by atoms with Gasteiger partial charge in [0.2, 0.25) is 10.0 Å². The molecule has 11 heteroatoms. The van der Waals surface area contributed by atoms with Crippen LogP contribution in [-0.2, 0) is 24.1 Å². The van der Waals surface area contributed by atoms with Gasteiger partial charge in [-0.1, -0.05) is 17.7 Å². The fourth-order valence-electron chi connectivity index (χ4n) is 3.39. The molecule has 1 aliphatic heterocycles. The highest BCUT2D eigenvalue weighted by molar-refractivity contribution is 7.89. The predicted octanol–water partition coefficient (Wildman–Crippen LogP) is -0.836. The van der Waals surface area contributed by atoms with Gasteiger partial charge >= 0.3 is 5.69 Å². The fourth-order valence-corrected chi connectivity index (χ4v) is 4.81. The molecule has 1 fully saturated rings. The van der Waals surface area contributed by atoms with Gasteiger partial charge in [-0.05, 0) is 19.1 Å². The normalized spacial score (nSPS) is 16.0. The first kappa shape index (κ1) is 21.9. The number of Topliss-reactive ketones (excluding diaryl/α,β-unsaturated/α-hetero) is 1. The SMILES string of the molecule is Cc1ccc(S(=O)(=O)N2CCN(CC(=O)c3c(N)n(C)c(=O)n(C)c3=O)CC2)cc1. The largest absolute Gasteiger partial charge is 0.384 e. The lowest BCUT2D eigenvalue weighted by atomic mass is 10.1. The van der Waals surface area contributed by atoms with Crippen LogP contribution in [0.5, 0.6) is 0 Å². The zero-order valence-corrected chi connectivity index (χ0v) is 18.0. The third-order valence-corrected chi connectivity index (χ3v) is 7.26. The Kier molecular flexibility index (Phi) is 5.97. The zero-order valence-electron chi connectivity index (χ0n) is 17.2. The second-order valence-electron chi connectivity index (χ2n) is 7.38. The Bertz CT molecular complexity index is 1190. The molecule has 2 aromatic rings. The van der Waals surface area contributed by atoms with Crippen molar-refractivity contribution < 1.29 is 13.2 Å². The lowest BCUT2D eigenvalue weighted by Gasteiger charge is -2.33. The van der Waals surface area contributed by atoms with E-state index < -0.39 is 27.1 Å². The number of ketones is 1. The molecule has 0 unspecified atom stereocenters. The number of benzene rings is 1. The maximum Gasteiger partial charge on any atom is 0.332 e. The number of nitrogen functional groups attached to an aromatic ring is 1. The summed E-state index contributed by atoms with van der Waals surface area (Å²) in [6.45, 7) is 2.92. The lowest BCUT2D eigenvalue weighted by Crippen LogP contribution is -2.50. The van der Waals surface area contributed by atoms with Gasteiger partial charge in [0.05, 0.1) is 11.4 Å². The molecule has 2 heterocycles. The number of carbonyl (C=O) groups excluding carboxylic acids is 1. The van der Waals surface area contributed by atoms with Crippen molar-refractivity contribution in [1.29, 1.82) is 0 Å². The van der Waals surface area contributed by atoms with Crippen LogP contribution < -0.4 is 17.0 Å². The first-order valence-electron chi connectivity index (χ1n) is 9.42. The summed E-state index contributed by atoms with van der Waals surface area (Å²) in [5, 5.41) is 0. The highest BCUT2D eigenvalue weighted by Gasteiger charge is 2.30. The monoisotopic (exact) mass is 435 g/mol. The fraction of sp³-hybridized carbons (Fsp3) is 0.421. The Hall–Kier alpha value is -2.76. The van der Waals surface area contributed by atoms with Crippen LogP contribution >= 0.6 is 0 Å². The van der Waals surface area contributed by atoms with E-state index in [1.807, 2.05) is 6.92 Å². The van der Waals surface area contributed by atoms with E-state index in [9.17, 15) is 22.8 Å². The van der Waals surface area contributed by atoms with Gasteiger partial charge in [-0.25, -0.2) is 13.2 Å². The molecule has 1 saturated heterocycles. The van der Waals surface area contributed by atoms with Gasteiger partial charge < -0.3 is 5.73 Å². The van der Waals surface area contributed by atoms with Crippen molar-refractivity contribution in [2.24, 2.45) is 14.1 Å². The third-order valence-electron chi connectivity index (χ3n) is 5.35. The second kappa shape index (κ2) is 8.17. The van der Waals surface area contributed by atoms with E-state index in [0.29, 0.717) is 13.1 Å². The minimum atomic E-state index is -3.60. The van der Waals surface area contributed by atoms with E-state index in [2.05, 4.69) is 0 Å². The molecule has 1 aromatic heterocycles. The van der Waals surface area contributed by atoms with Crippen LogP contribution in [0.1, 0.15) is 15.9 Å². The molecule has 0 amide bonds. The summed E-state index contributed by atoms with van der Waals surface area (Å²) in [4.78, 5) is 39.0. The van der Waals surface area contributed by atoms with Crippen LogP contribution in [0.2, 0.25) is 0 Å². The Morgan fingerprint density at radius 1 is 1.00 bits per heavy atom. The van der Waals surface area contributed by atoms with Gasteiger partial charge in [0.15, 0.2) is 5.78 Å². The average Bonchev–Trinajstić information content (AvgIpc) is 2.71. The molecule has 0 aliphatic carbocycles. The van der Waals surface area contributed by atoms with Crippen molar-refractivity contribution >= 4 is 21.6 Å². The van der Waals surface area contributed by atoms with E-state index >= 15 is 0 Å². The summed E-state index contributed by atoms with van der Waals surface area (Å²) >= 11 is 0. The van der Waals surface area contributed by atoms with Crippen LogP contribution in [0.15, 0.2) is 38.8 Å². The van der Waals surface area contributed by atoms with Crippen molar-refractivity contribution in [3.8, 4) is 0 Å². The molecule has 2 N–H and O–H groups in total. The van der Waals surface area contributed by atoms with Crippen molar-refractivity contribution in [3.63, 3.8) is 0 Å². The van der Waals surface area contributed by atoms with Gasteiger partial charge in [0.1, 0.15) is 11.4 Å². The molecule has 1 aromatic carbocycles. The van der Waals surface area contributed by atoms with Gasteiger partial charge in [-0.2, -0.15) is 4.31 Å². The second-order valence-corrected chi connectivity index (χ2v) is 9.32. The number of piperazine rings is 1. The molecule has 10 nitrogen and oxygen atoms in total. The van der Waals surface area contributed by atoms with E-state index in [1.54, 1.807) is 29.2 Å². The third kappa shape index (κ3) is 3.95. The number of rotatable bonds is 5. The molecule has 1 aliphatic rings. The molecule has 30 heavy (non-hydrogen) atoms. The van der Waals surface area contributed by atoms with Crippen molar-refractivity contribution in [1.82, 2.24) is 18.3 Å². The van der Waals surface area contributed by atoms with E-state index in [0.717, 1.165) is 14.7 Å². The lowest BCUT2D eigenvalue weighted by molar-refractivity contribution is 0.0899. The molecule has 0 bridgehead atoms. The number of nitrogens with zero attached hydrogens (tertiary/aromatic N) is 4. The molecule has 0 radical (unpaired) electrons. The molecular formula is C19H25N5O5S. The van der Waals surface area contributed by atoms with Crippen molar-refractivity contribution in [2.45, 2.75) is 11.8 Å². The van der Waals surface area contributed by atoms with Crippen molar-refractivity contribution in [3.05, 3.63) is 56.2 Å². The quantitative estimate of drug-likeness (QED) is 0.607. The number of carbonyl (C=O) groups is 1. The molecule has 0 saturated carbocycles. The summed E-state index contributed by atoms with van der Waals surface area (Å²) in [7, 11) is -0.923. The van der Waals surface area contributed by atoms with Crippen LogP contribution in [0, 0.1) is 6.92 Å². The maximum atomic E-state index is 12.8. The molecule has 0 atom stereocenters. The Morgan fingerprint density at radius 3 is 2.13 bits per heavy atom. The molecule has 3 rings (SSSR count). The Labute approximate surface area is 174 Å². The summed E-state index contributed by atoms with van der Waals surface area (Å²) in [5.74, 6) is -0.674. The summed E-state index contributed by atoms with van der Waals surface area (Å²) in [6, 6.07) is 6.66. The highest BCUT2D eigenvalue weighted by Crippen LogP contribution is 2.18. The summed E-state index contributed by atoms with van der Waals surface area (Å²) < 4.78 is 28.9. The Balaban J connectivity index is 1.71. The van der Waals surface area contributed by atoms with E-state index in [-0.39, 0.29) is 35.9 Å². The van der Waals surface area contributed by atoms with E-state index in [1.165, 1.54) is 18.4 Å². The highest BCUT2D eigenvalue weighted by atomic mass is 32.2.